The van der Waals surface area contributed by atoms with Gasteiger partial charge in [0, 0.05) is 0 Å². The molecule has 0 aromatic heterocycles. The smallest absolute Gasteiger partial charge is 1.00 e. The minimum Gasteiger partial charge on any atom is -1.00 e. The zero-order chi connectivity index (χ0) is 0. The third kappa shape index (κ3) is 60.5. The zero-order valence-electron chi connectivity index (χ0n) is 2.92. The number of hydrogen-bond acceptors (Lipinski definition) is 0. The van der Waals surface area contributed by atoms with E-state index in [2.05, 4.69) is 0 Å². The average molecular weight is 151 g/mol. The van der Waals surface area contributed by atoms with E-state index in [0.717, 1.165) is 0 Å². The van der Waals surface area contributed by atoms with Crippen molar-refractivity contribution >= 4 is 0 Å². The molecule has 0 aromatic carbocycles. The quantitative estimate of drug-likeness (QED) is 0.238. The first-order valence-corrected chi connectivity index (χ1v) is 0. The zero-order valence-corrected chi connectivity index (χ0v) is 6.20. The normalized spacial score (nSPS) is 0. The van der Waals surface area contributed by atoms with Crippen LogP contribution in [0.4, 0.5) is 0 Å². The van der Waals surface area contributed by atoms with Crippen LogP contribution in [0.15, 0.2) is 0 Å². The second-order valence-electron chi connectivity index (χ2n) is 0. The summed E-state index contributed by atoms with van der Waals surface area (Å²) in [6, 6.07) is 0. The predicted molar refractivity (Wildman–Crippen MR) is 0 cm³/mol. The Balaban J connectivity index is 0. The first-order valence-electron chi connectivity index (χ1n) is 0. The third-order valence-corrected chi connectivity index (χ3v) is 0. The molecule has 6 heavy (non-hydrogen) atoms. The Bertz CT molecular complexity index is 7.51. The van der Waals surface area contributed by atoms with Gasteiger partial charge in [0.05, 0.1) is 0 Å². The van der Waals surface area contributed by atoms with Crippen molar-refractivity contribution in [2.75, 3.05) is 0 Å². The van der Waals surface area contributed by atoms with Crippen LogP contribution in [0.25, 0.3) is 0 Å². The Hall–Kier alpha value is 1.25. The summed E-state index contributed by atoms with van der Waals surface area (Å²) in [7, 11) is 0. The largest absolute Gasteiger partial charge is 3.00 e. The van der Waals surface area contributed by atoms with Crippen LogP contribution in [0.2, 0.25) is 0 Å². The van der Waals surface area contributed by atoms with Crippen molar-refractivity contribution in [1.82, 2.24) is 0 Å². The van der Waals surface area contributed by atoms with Gasteiger partial charge in [-0.15, -0.1) is 0 Å². The standard InChI is InChI=1S/Cr.4FH.Na/h;4*1H;/q+3;;;;;+1/p-4. The van der Waals surface area contributed by atoms with Crippen molar-refractivity contribution in [3.05, 3.63) is 0 Å². The maximum absolute atomic E-state index is 0. The summed E-state index contributed by atoms with van der Waals surface area (Å²) in [6.07, 6.45) is 0. The Morgan fingerprint density at radius 1 is 0.500 bits per heavy atom. The molecule has 0 unspecified atom stereocenters. The van der Waals surface area contributed by atoms with E-state index in [0.29, 0.717) is 0 Å². The van der Waals surface area contributed by atoms with E-state index in [1.165, 1.54) is 0 Å². The molecule has 0 fully saturated rings. The van der Waals surface area contributed by atoms with Crippen molar-refractivity contribution < 1.29 is 65.7 Å². The first kappa shape index (κ1) is 181. The average Bonchev–Trinajstić information content (AvgIpc) is 0. The fraction of sp³-hybridized carbons (Fsp3) is 0. The number of hydrogen-bond donors (Lipinski definition) is 0. The van der Waals surface area contributed by atoms with E-state index in [4.69, 9.17) is 0 Å². The first-order chi connectivity index (χ1) is 0. The van der Waals surface area contributed by atoms with Gasteiger partial charge in [-0.25, -0.2) is 0 Å². The summed E-state index contributed by atoms with van der Waals surface area (Å²) in [5, 5.41) is 0. The second kappa shape index (κ2) is 110. The maximum atomic E-state index is 0. The molecule has 0 rings (SSSR count). The number of rotatable bonds is 0. The summed E-state index contributed by atoms with van der Waals surface area (Å²) in [6.45, 7) is 0. The molecule has 0 aliphatic rings. The topological polar surface area (TPSA) is 0 Å². The molecule has 0 bridgehead atoms. The molecular formula is CrF4Na. The van der Waals surface area contributed by atoms with E-state index in [-0.39, 0.29) is 65.7 Å². The minimum atomic E-state index is 0. The van der Waals surface area contributed by atoms with Crippen LogP contribution in [0.5, 0.6) is 0 Å². The van der Waals surface area contributed by atoms with Crippen LogP contribution in [-0.4, -0.2) is 0 Å². The molecule has 0 amide bonds. The summed E-state index contributed by atoms with van der Waals surface area (Å²) >= 11 is 0. The van der Waals surface area contributed by atoms with Gasteiger partial charge in [0.2, 0.25) is 0 Å². The minimum absolute atomic E-state index is 0. The molecule has 0 N–H and O–H groups in total. The van der Waals surface area contributed by atoms with Gasteiger partial charge in [-0.2, -0.15) is 0 Å². The molecule has 0 nitrogen and oxygen atoms in total. The van der Waals surface area contributed by atoms with Crippen molar-refractivity contribution in [2.45, 2.75) is 0 Å². The molecular weight excluding hydrogens is 151 g/mol. The van der Waals surface area contributed by atoms with Crippen molar-refractivity contribution in [3.8, 4) is 0 Å². The van der Waals surface area contributed by atoms with Crippen LogP contribution in [0.3, 0.4) is 0 Å². The monoisotopic (exact) mass is 151 g/mol. The Morgan fingerprint density at radius 3 is 0.500 bits per heavy atom. The molecule has 1 radical (unpaired) electrons. The van der Waals surface area contributed by atoms with Gasteiger partial charge in [0.1, 0.15) is 0 Å². The van der Waals surface area contributed by atoms with Crippen LogP contribution >= 0.6 is 0 Å². The fourth-order valence-electron chi connectivity index (χ4n) is 0. The van der Waals surface area contributed by atoms with Crippen LogP contribution in [0, 0.1) is 0 Å². The molecule has 0 aliphatic heterocycles. The summed E-state index contributed by atoms with van der Waals surface area (Å²) < 4.78 is 0. The molecule has 35 valence electrons. The van der Waals surface area contributed by atoms with E-state index in [9.17, 15) is 0 Å². The van der Waals surface area contributed by atoms with Crippen LogP contribution < -0.4 is 48.4 Å². The molecule has 0 heterocycles. The van der Waals surface area contributed by atoms with Crippen LogP contribution in [-0.2, 0) is 17.4 Å². The van der Waals surface area contributed by atoms with Crippen LogP contribution in [0.1, 0.15) is 0 Å². The van der Waals surface area contributed by atoms with Gasteiger partial charge < -0.3 is 18.8 Å². The summed E-state index contributed by atoms with van der Waals surface area (Å²) in [5.41, 5.74) is 0. The molecule has 0 aliphatic carbocycles. The summed E-state index contributed by atoms with van der Waals surface area (Å²) in [4.78, 5) is 0. The van der Waals surface area contributed by atoms with E-state index < -0.39 is 0 Å². The molecule has 0 atom stereocenters. The van der Waals surface area contributed by atoms with Crippen molar-refractivity contribution in [1.29, 1.82) is 0 Å². The maximum Gasteiger partial charge on any atom is 3.00 e. The molecule has 0 saturated carbocycles. The Morgan fingerprint density at radius 2 is 0.500 bits per heavy atom. The fourth-order valence-corrected chi connectivity index (χ4v) is 0. The van der Waals surface area contributed by atoms with Gasteiger partial charge in [-0.3, -0.25) is 0 Å². The second-order valence-corrected chi connectivity index (χ2v) is 0. The van der Waals surface area contributed by atoms with Gasteiger partial charge in [-0.1, -0.05) is 0 Å². The molecule has 0 aromatic rings. The summed E-state index contributed by atoms with van der Waals surface area (Å²) in [5.74, 6) is 0. The van der Waals surface area contributed by atoms with E-state index in [1.54, 1.807) is 0 Å². The van der Waals surface area contributed by atoms with Crippen molar-refractivity contribution in [2.24, 2.45) is 0 Å². The van der Waals surface area contributed by atoms with E-state index >= 15 is 0 Å². The molecule has 6 heteroatoms. The van der Waals surface area contributed by atoms with Gasteiger partial charge in [0.15, 0.2) is 0 Å². The Kier molecular flexibility index (Phi) is 3310. The van der Waals surface area contributed by atoms with Crippen molar-refractivity contribution in [3.63, 3.8) is 0 Å². The number of halogens is 4. The van der Waals surface area contributed by atoms with Gasteiger partial charge in [-0.05, 0) is 0 Å². The molecule has 0 saturated heterocycles. The Labute approximate surface area is 65.6 Å². The van der Waals surface area contributed by atoms with E-state index in [1.807, 2.05) is 0 Å². The van der Waals surface area contributed by atoms with Gasteiger partial charge >= 0.3 is 46.9 Å². The molecule has 0 spiro atoms. The van der Waals surface area contributed by atoms with Gasteiger partial charge in [0.25, 0.3) is 0 Å². The SMILES string of the molecule is [Cr+3].[F-].[F-].[F-].[F-].[Na+]. The predicted octanol–water partition coefficient (Wildman–Crippen LogP) is -15.0. The third-order valence-electron chi connectivity index (χ3n) is 0.